The van der Waals surface area contributed by atoms with E-state index >= 15 is 0 Å². The van der Waals surface area contributed by atoms with Gasteiger partial charge in [-0.3, -0.25) is 0 Å². The highest BCUT2D eigenvalue weighted by atomic mass is 19.2. The minimum absolute atomic E-state index is 0.217. The molecule has 0 fully saturated rings. The molecule has 3 aromatic rings. The van der Waals surface area contributed by atoms with E-state index in [1.165, 1.54) is 12.8 Å². The molecule has 0 radical (unpaired) electrons. The van der Waals surface area contributed by atoms with Crippen LogP contribution in [-0.4, -0.2) is 24.9 Å². The summed E-state index contributed by atoms with van der Waals surface area (Å²) in [6.07, 6.45) is 8.25. The molecule has 0 saturated heterocycles. The lowest BCUT2D eigenvalue weighted by Crippen LogP contribution is -1.98. The van der Waals surface area contributed by atoms with Crippen molar-refractivity contribution in [3.8, 4) is 33.8 Å². The maximum Gasteiger partial charge on any atom is 0.167 e. The first kappa shape index (κ1) is 26.7. The van der Waals surface area contributed by atoms with Gasteiger partial charge < -0.3 is 14.6 Å². The average molecular weight is 483 g/mol. The van der Waals surface area contributed by atoms with Crippen LogP contribution in [0.5, 0.6) is 11.5 Å². The average Bonchev–Trinajstić information content (AvgIpc) is 2.88. The number of ether oxygens (including phenoxy) is 2. The lowest BCUT2D eigenvalue weighted by atomic mass is 9.98. The van der Waals surface area contributed by atoms with Crippen LogP contribution in [0.3, 0.4) is 0 Å². The predicted molar refractivity (Wildman–Crippen MR) is 138 cm³/mol. The summed E-state index contributed by atoms with van der Waals surface area (Å²) in [5.41, 5.74) is 1.64. The second-order valence-corrected chi connectivity index (χ2v) is 8.73. The summed E-state index contributed by atoms with van der Waals surface area (Å²) in [7, 11) is 0. The fourth-order valence-corrected chi connectivity index (χ4v) is 3.93. The number of hydrogen-bond donors (Lipinski definition) is 1. The first-order valence-corrected chi connectivity index (χ1v) is 12.7. The van der Waals surface area contributed by atoms with Gasteiger partial charge in [0.25, 0.3) is 0 Å². The summed E-state index contributed by atoms with van der Waals surface area (Å²) in [6, 6.07) is 17.4. The Balaban J connectivity index is 1.60. The molecule has 5 heteroatoms. The molecule has 0 aliphatic carbocycles. The number of aliphatic hydroxyl groups excluding tert-OH is 1. The van der Waals surface area contributed by atoms with Gasteiger partial charge in [-0.15, -0.1) is 0 Å². The number of unbranched alkanes of at least 4 members (excludes halogenated alkanes) is 6. The summed E-state index contributed by atoms with van der Waals surface area (Å²) in [4.78, 5) is 0. The van der Waals surface area contributed by atoms with Gasteiger partial charge >= 0.3 is 0 Å². The van der Waals surface area contributed by atoms with E-state index in [0.29, 0.717) is 30.1 Å². The molecule has 3 rings (SSSR count). The zero-order chi connectivity index (χ0) is 24.9. The Hall–Kier alpha value is -2.92. The molecule has 0 heterocycles. The van der Waals surface area contributed by atoms with Crippen LogP contribution in [0, 0.1) is 11.6 Å². The summed E-state index contributed by atoms with van der Waals surface area (Å²) >= 11 is 0. The summed E-state index contributed by atoms with van der Waals surface area (Å²) < 4.78 is 41.4. The van der Waals surface area contributed by atoms with Crippen molar-refractivity contribution in [2.45, 2.75) is 58.3 Å². The van der Waals surface area contributed by atoms with Crippen molar-refractivity contribution in [2.24, 2.45) is 0 Å². The van der Waals surface area contributed by atoms with Gasteiger partial charge in [0.05, 0.1) is 13.2 Å². The van der Waals surface area contributed by atoms with E-state index in [1.54, 1.807) is 60.7 Å². The van der Waals surface area contributed by atoms with E-state index < -0.39 is 11.6 Å². The van der Waals surface area contributed by atoms with E-state index in [-0.39, 0.29) is 17.7 Å². The molecule has 0 unspecified atom stereocenters. The van der Waals surface area contributed by atoms with Gasteiger partial charge in [-0.1, -0.05) is 69.0 Å². The van der Waals surface area contributed by atoms with Crippen molar-refractivity contribution in [3.05, 3.63) is 72.3 Å². The van der Waals surface area contributed by atoms with Crippen LogP contribution in [-0.2, 0) is 0 Å². The van der Waals surface area contributed by atoms with Crippen LogP contribution < -0.4 is 9.47 Å². The molecular formula is C30H36F2O3. The molecule has 0 amide bonds. The molecule has 0 spiro atoms. The highest BCUT2D eigenvalue weighted by Gasteiger charge is 2.16. The Morgan fingerprint density at radius 1 is 0.571 bits per heavy atom. The summed E-state index contributed by atoms with van der Waals surface area (Å²) in [5.74, 6) is -0.300. The third kappa shape index (κ3) is 8.07. The van der Waals surface area contributed by atoms with Crippen LogP contribution in [0.1, 0.15) is 58.3 Å². The number of halogens is 2. The Labute approximate surface area is 207 Å². The fraction of sp³-hybridized carbons (Fsp3) is 0.400. The molecule has 0 saturated carbocycles. The molecule has 0 aromatic heterocycles. The van der Waals surface area contributed by atoms with Crippen molar-refractivity contribution in [1.82, 2.24) is 0 Å². The smallest absolute Gasteiger partial charge is 0.167 e. The lowest BCUT2D eigenvalue weighted by Gasteiger charge is -2.11. The quantitative estimate of drug-likeness (QED) is 0.222. The number of hydrogen-bond acceptors (Lipinski definition) is 3. The Kier molecular flexibility index (Phi) is 11.0. The van der Waals surface area contributed by atoms with Gasteiger partial charge in [-0.25, -0.2) is 8.78 Å². The van der Waals surface area contributed by atoms with E-state index in [2.05, 4.69) is 6.92 Å². The number of rotatable bonds is 15. The van der Waals surface area contributed by atoms with Crippen molar-refractivity contribution >= 4 is 0 Å². The van der Waals surface area contributed by atoms with Gasteiger partial charge in [0.1, 0.15) is 11.5 Å². The molecule has 1 N–H and O–H groups in total. The van der Waals surface area contributed by atoms with Crippen LogP contribution in [0.4, 0.5) is 8.78 Å². The fourth-order valence-electron chi connectivity index (χ4n) is 3.93. The van der Waals surface area contributed by atoms with Gasteiger partial charge in [0.15, 0.2) is 11.6 Å². The summed E-state index contributed by atoms with van der Waals surface area (Å²) in [6.45, 7) is 3.64. The lowest BCUT2D eigenvalue weighted by molar-refractivity contribution is 0.273. The predicted octanol–water partition coefficient (Wildman–Crippen LogP) is 8.19. The summed E-state index contributed by atoms with van der Waals surface area (Å²) in [5, 5.41) is 8.80. The van der Waals surface area contributed by atoms with Gasteiger partial charge in [-0.05, 0) is 61.1 Å². The maximum absolute atomic E-state index is 15.0. The standard InChI is InChI=1S/C30H36F2O3/c1-2-3-4-8-21-34-25-14-10-23(11-15-25)27-18-19-28(30(32)29(27)31)24-12-16-26(17-13-24)35-22-9-6-5-7-20-33/h10-19,33H,2-9,20-22H2,1H3. The Morgan fingerprint density at radius 2 is 1.00 bits per heavy atom. The number of aliphatic hydroxyl groups is 1. The molecule has 0 aliphatic heterocycles. The third-order valence-electron chi connectivity index (χ3n) is 6.00. The van der Waals surface area contributed by atoms with E-state index in [1.807, 2.05) is 0 Å². The van der Waals surface area contributed by atoms with E-state index in [0.717, 1.165) is 44.3 Å². The van der Waals surface area contributed by atoms with Crippen LogP contribution in [0.15, 0.2) is 60.7 Å². The highest BCUT2D eigenvalue weighted by Crippen LogP contribution is 2.33. The minimum atomic E-state index is -0.865. The molecule has 3 aromatic carbocycles. The molecule has 0 bridgehead atoms. The van der Waals surface area contributed by atoms with Crippen LogP contribution >= 0.6 is 0 Å². The molecular weight excluding hydrogens is 446 g/mol. The van der Waals surface area contributed by atoms with Gasteiger partial charge in [-0.2, -0.15) is 0 Å². The van der Waals surface area contributed by atoms with Gasteiger partial charge in [0, 0.05) is 17.7 Å². The first-order valence-electron chi connectivity index (χ1n) is 12.7. The third-order valence-corrected chi connectivity index (χ3v) is 6.00. The Bertz CT molecular complexity index is 1020. The second-order valence-electron chi connectivity index (χ2n) is 8.73. The first-order chi connectivity index (χ1) is 17.1. The normalized spacial score (nSPS) is 11.0. The molecule has 188 valence electrons. The monoisotopic (exact) mass is 482 g/mol. The molecule has 35 heavy (non-hydrogen) atoms. The van der Waals surface area contributed by atoms with Crippen LogP contribution in [0.25, 0.3) is 22.3 Å². The largest absolute Gasteiger partial charge is 0.494 e. The van der Waals surface area contributed by atoms with Crippen molar-refractivity contribution in [3.63, 3.8) is 0 Å². The van der Waals surface area contributed by atoms with Gasteiger partial charge in [0.2, 0.25) is 0 Å². The topological polar surface area (TPSA) is 38.7 Å². The minimum Gasteiger partial charge on any atom is -0.494 e. The maximum atomic E-state index is 15.0. The zero-order valence-corrected chi connectivity index (χ0v) is 20.6. The second kappa shape index (κ2) is 14.5. The molecule has 0 atom stereocenters. The number of benzene rings is 3. The zero-order valence-electron chi connectivity index (χ0n) is 20.6. The molecule has 3 nitrogen and oxygen atoms in total. The molecule has 0 aliphatic rings. The van der Waals surface area contributed by atoms with Crippen molar-refractivity contribution in [1.29, 1.82) is 0 Å². The van der Waals surface area contributed by atoms with E-state index in [9.17, 15) is 8.78 Å². The SMILES string of the molecule is CCCCCCOc1ccc(-c2ccc(-c3ccc(OCCCCCCO)cc3)c(F)c2F)cc1. The van der Waals surface area contributed by atoms with E-state index in [4.69, 9.17) is 14.6 Å². The van der Waals surface area contributed by atoms with Crippen molar-refractivity contribution in [2.75, 3.05) is 19.8 Å². The highest BCUT2D eigenvalue weighted by molar-refractivity contribution is 5.72. The van der Waals surface area contributed by atoms with Crippen LogP contribution in [0.2, 0.25) is 0 Å². The Morgan fingerprint density at radius 3 is 1.43 bits per heavy atom. The van der Waals surface area contributed by atoms with Crippen molar-refractivity contribution < 1.29 is 23.4 Å².